The third-order valence-corrected chi connectivity index (χ3v) is 2.79. The van der Waals surface area contributed by atoms with Crippen molar-refractivity contribution in [1.82, 2.24) is 0 Å². The van der Waals surface area contributed by atoms with Crippen molar-refractivity contribution in [3.05, 3.63) is 29.8 Å². The van der Waals surface area contributed by atoms with Gasteiger partial charge >= 0.3 is 65.9 Å². The summed E-state index contributed by atoms with van der Waals surface area (Å²) in [7, 11) is 0. The van der Waals surface area contributed by atoms with Crippen molar-refractivity contribution < 1.29 is 26.1 Å². The van der Waals surface area contributed by atoms with Crippen LogP contribution >= 0.6 is 0 Å². The molecule has 0 heterocycles. The Morgan fingerprint density at radius 1 is 1.38 bits per heavy atom. The molecule has 0 atom stereocenters. The first-order chi connectivity index (χ1) is 3.79. The average molecular weight is 292 g/mol. The summed E-state index contributed by atoms with van der Waals surface area (Å²) in [5.41, 5.74) is 1.39. The summed E-state index contributed by atoms with van der Waals surface area (Å²) in [6.45, 7) is 2.14. The van der Waals surface area contributed by atoms with Crippen LogP contribution < -0.4 is 3.07 Å². The van der Waals surface area contributed by atoms with Gasteiger partial charge in [-0.05, 0) is 0 Å². The van der Waals surface area contributed by atoms with E-state index in [1.165, 1.54) is 8.64 Å². The monoisotopic (exact) mass is 293 g/mol. The van der Waals surface area contributed by atoms with Gasteiger partial charge < -0.3 is 0 Å². The SMILES string of the molecule is Cc1ccc[c]([Hg+])c1. The third-order valence-electron chi connectivity index (χ3n) is 1.08. The minimum atomic E-state index is 0.800. The van der Waals surface area contributed by atoms with Crippen molar-refractivity contribution in [2.45, 2.75) is 6.92 Å². The molecule has 36 valence electrons. The van der Waals surface area contributed by atoms with Gasteiger partial charge in [0, 0.05) is 0 Å². The van der Waals surface area contributed by atoms with E-state index in [9.17, 15) is 0 Å². The van der Waals surface area contributed by atoms with Gasteiger partial charge in [0.2, 0.25) is 0 Å². The van der Waals surface area contributed by atoms with Gasteiger partial charge in [-0.25, -0.2) is 0 Å². The molecule has 1 heteroatoms. The zero-order valence-corrected chi connectivity index (χ0v) is 10.5. The number of hydrogen-bond donors (Lipinski definition) is 0. The molecular formula is C7H7Hg+. The van der Waals surface area contributed by atoms with E-state index in [1.54, 1.807) is 0 Å². The Hall–Kier alpha value is 0.155. The molecular weight excluding hydrogens is 285 g/mol. The van der Waals surface area contributed by atoms with Crippen LogP contribution in [0.15, 0.2) is 24.3 Å². The molecule has 0 aromatic heterocycles. The average Bonchev–Trinajstić information content (AvgIpc) is 1.64. The van der Waals surface area contributed by atoms with E-state index in [2.05, 4.69) is 31.2 Å². The van der Waals surface area contributed by atoms with Crippen LogP contribution in [-0.4, -0.2) is 0 Å². The Bertz CT molecular complexity index is 164. The molecule has 0 aliphatic carbocycles. The van der Waals surface area contributed by atoms with Crippen molar-refractivity contribution >= 4 is 3.07 Å². The van der Waals surface area contributed by atoms with Gasteiger partial charge in [-0.15, -0.1) is 0 Å². The minimum absolute atomic E-state index is 0.800. The molecule has 0 N–H and O–H groups in total. The first-order valence-electron chi connectivity index (χ1n) is 2.67. The molecule has 1 aromatic carbocycles. The molecule has 0 bridgehead atoms. The molecule has 0 aliphatic rings. The van der Waals surface area contributed by atoms with Gasteiger partial charge in [0.25, 0.3) is 0 Å². The van der Waals surface area contributed by atoms with Crippen LogP contribution in [0, 0.1) is 6.92 Å². The van der Waals surface area contributed by atoms with Crippen molar-refractivity contribution in [1.29, 1.82) is 0 Å². The summed E-state index contributed by atoms with van der Waals surface area (Å²) >= 11 is 0.800. The number of benzene rings is 1. The molecule has 0 fully saturated rings. The maximum atomic E-state index is 2.25. The van der Waals surface area contributed by atoms with E-state index in [0.717, 1.165) is 26.1 Å². The molecule has 0 unspecified atom stereocenters. The first kappa shape index (κ1) is 6.28. The fourth-order valence-electron chi connectivity index (χ4n) is 0.712. The van der Waals surface area contributed by atoms with Crippen molar-refractivity contribution in [3.63, 3.8) is 0 Å². The van der Waals surface area contributed by atoms with E-state index < -0.39 is 0 Å². The van der Waals surface area contributed by atoms with Gasteiger partial charge in [0.05, 0.1) is 0 Å². The predicted octanol–water partition coefficient (Wildman–Crippen LogP) is 1.17. The molecule has 0 saturated heterocycles. The molecule has 0 amide bonds. The van der Waals surface area contributed by atoms with Crippen LogP contribution in [0.2, 0.25) is 0 Å². The zero-order valence-electron chi connectivity index (χ0n) is 5.02. The van der Waals surface area contributed by atoms with Gasteiger partial charge in [0.15, 0.2) is 0 Å². The second kappa shape index (κ2) is 2.63. The Kier molecular flexibility index (Phi) is 2.06. The van der Waals surface area contributed by atoms with E-state index >= 15 is 0 Å². The van der Waals surface area contributed by atoms with Crippen LogP contribution in [0.4, 0.5) is 0 Å². The Labute approximate surface area is 65.9 Å². The van der Waals surface area contributed by atoms with Crippen molar-refractivity contribution in [2.24, 2.45) is 0 Å². The van der Waals surface area contributed by atoms with E-state index in [1.807, 2.05) is 0 Å². The fraction of sp³-hybridized carbons (Fsp3) is 0.143. The van der Waals surface area contributed by atoms with Gasteiger partial charge in [-0.1, -0.05) is 0 Å². The molecule has 0 aliphatic heterocycles. The maximum absolute atomic E-state index is 2.25. The quantitative estimate of drug-likeness (QED) is 0.630. The normalized spacial score (nSPS) is 9.38. The second-order valence-corrected chi connectivity index (χ2v) is 5.16. The summed E-state index contributed by atoms with van der Waals surface area (Å²) in [5.74, 6) is 0. The van der Waals surface area contributed by atoms with E-state index in [0.29, 0.717) is 0 Å². The van der Waals surface area contributed by atoms with Crippen molar-refractivity contribution in [2.75, 3.05) is 0 Å². The summed E-state index contributed by atoms with van der Waals surface area (Å²) in [5, 5.41) is 0. The summed E-state index contributed by atoms with van der Waals surface area (Å²) in [6.07, 6.45) is 0. The Morgan fingerprint density at radius 3 is 2.50 bits per heavy atom. The van der Waals surface area contributed by atoms with Crippen LogP contribution in [0.25, 0.3) is 0 Å². The number of hydrogen-bond acceptors (Lipinski definition) is 0. The second-order valence-electron chi connectivity index (χ2n) is 1.99. The molecule has 1 rings (SSSR count). The third kappa shape index (κ3) is 1.59. The Balaban J connectivity index is 3.08. The van der Waals surface area contributed by atoms with Crippen molar-refractivity contribution in [3.8, 4) is 0 Å². The Morgan fingerprint density at radius 2 is 2.12 bits per heavy atom. The fourth-order valence-corrected chi connectivity index (χ4v) is 2.49. The van der Waals surface area contributed by atoms with Crippen LogP contribution in [0.1, 0.15) is 5.56 Å². The molecule has 1 aromatic rings. The standard InChI is InChI=1S/C7H7.Hg/c1-7-5-3-2-4-6-7;/h2-3,5-6H,1H3;/q;+1. The van der Waals surface area contributed by atoms with Gasteiger partial charge in [-0.3, -0.25) is 0 Å². The van der Waals surface area contributed by atoms with Crippen LogP contribution in [0.5, 0.6) is 0 Å². The van der Waals surface area contributed by atoms with Gasteiger partial charge in [-0.2, -0.15) is 0 Å². The summed E-state index contributed by atoms with van der Waals surface area (Å²) in [4.78, 5) is 0. The molecule has 0 spiro atoms. The zero-order chi connectivity index (χ0) is 5.98. The van der Waals surface area contributed by atoms with Crippen LogP contribution in [0.3, 0.4) is 0 Å². The van der Waals surface area contributed by atoms with Crippen LogP contribution in [-0.2, 0) is 26.1 Å². The van der Waals surface area contributed by atoms with Gasteiger partial charge in [0.1, 0.15) is 0 Å². The summed E-state index contributed by atoms with van der Waals surface area (Å²) < 4.78 is 1.53. The molecule has 0 saturated carbocycles. The summed E-state index contributed by atoms with van der Waals surface area (Å²) in [6, 6.07) is 8.70. The van der Waals surface area contributed by atoms with E-state index in [4.69, 9.17) is 0 Å². The molecule has 0 nitrogen and oxygen atoms in total. The number of rotatable bonds is 0. The topological polar surface area (TPSA) is 0 Å². The molecule has 0 radical (unpaired) electrons. The first-order valence-corrected chi connectivity index (χ1v) is 5.42. The van der Waals surface area contributed by atoms with E-state index in [-0.39, 0.29) is 0 Å². The predicted molar refractivity (Wildman–Crippen MR) is 30.8 cm³/mol. The molecule has 8 heavy (non-hydrogen) atoms. The number of aryl methyl sites for hydroxylation is 1.